The molecule has 184 valence electrons. The maximum Gasteiger partial charge on any atom is 0.330 e. The lowest BCUT2D eigenvalue weighted by atomic mass is 10.1. The van der Waals surface area contributed by atoms with Gasteiger partial charge < -0.3 is 14.8 Å². The predicted molar refractivity (Wildman–Crippen MR) is 128 cm³/mol. The number of amides is 2. The number of carbonyl (C=O) groups is 2. The summed E-state index contributed by atoms with van der Waals surface area (Å²) in [5.41, 5.74) is -0.590. The first-order valence-electron chi connectivity index (χ1n) is 11.6. The number of fused-ring (bicyclic) bond motifs is 1. The summed E-state index contributed by atoms with van der Waals surface area (Å²) < 4.78 is 3.33. The Kier molecular flexibility index (Phi) is 8.63. The molecule has 0 atom stereocenters. The molecule has 2 aromatic heterocycles. The highest BCUT2D eigenvalue weighted by Crippen LogP contribution is 2.16. The first kappa shape index (κ1) is 26.3. The number of aromatic amines is 1. The standard InChI is InChI=1S/C23H38N6O4/c1-8-9-12-28-20-19(21(32)25-22(28)33)29(13-15(2)3)16(24-20)10-11-18(31)27(7)14-17(30)26-23(4,5)6/h15H,8-14H2,1-7H3,(H,26,30)(H,25,32,33). The minimum atomic E-state index is -0.470. The van der Waals surface area contributed by atoms with Crippen LogP contribution in [-0.4, -0.2) is 54.9 Å². The van der Waals surface area contributed by atoms with Gasteiger partial charge in [-0.25, -0.2) is 9.78 Å². The summed E-state index contributed by atoms with van der Waals surface area (Å²) in [5.74, 6) is 0.397. The van der Waals surface area contributed by atoms with E-state index in [0.717, 1.165) is 12.8 Å². The van der Waals surface area contributed by atoms with Crippen molar-refractivity contribution in [1.82, 2.24) is 29.3 Å². The van der Waals surface area contributed by atoms with E-state index in [4.69, 9.17) is 0 Å². The molecule has 0 aliphatic heterocycles. The molecule has 0 unspecified atom stereocenters. The number of unbranched alkanes of at least 4 members (excludes halogenated alkanes) is 1. The Labute approximate surface area is 194 Å². The lowest BCUT2D eigenvalue weighted by Crippen LogP contribution is -2.46. The maximum atomic E-state index is 12.7. The molecule has 0 radical (unpaired) electrons. The maximum absolute atomic E-state index is 12.7. The largest absolute Gasteiger partial charge is 0.350 e. The van der Waals surface area contributed by atoms with Gasteiger partial charge in [-0.3, -0.25) is 23.9 Å². The van der Waals surface area contributed by atoms with Crippen LogP contribution in [0.15, 0.2) is 9.59 Å². The number of rotatable bonds is 10. The molecule has 0 saturated heterocycles. The third-order valence-corrected chi connectivity index (χ3v) is 5.13. The Morgan fingerprint density at radius 1 is 1.18 bits per heavy atom. The van der Waals surface area contributed by atoms with E-state index >= 15 is 0 Å². The quantitative estimate of drug-likeness (QED) is 0.556. The van der Waals surface area contributed by atoms with Gasteiger partial charge in [0.1, 0.15) is 5.82 Å². The Balaban J connectivity index is 2.31. The van der Waals surface area contributed by atoms with Crippen molar-refractivity contribution >= 4 is 23.0 Å². The Bertz CT molecular complexity index is 1100. The number of nitrogens with one attached hydrogen (secondary N) is 2. The van der Waals surface area contributed by atoms with Gasteiger partial charge in [0, 0.05) is 38.5 Å². The molecular weight excluding hydrogens is 424 g/mol. The molecule has 0 fully saturated rings. The van der Waals surface area contributed by atoms with Gasteiger partial charge in [0.05, 0.1) is 6.54 Å². The van der Waals surface area contributed by atoms with Crippen LogP contribution in [0.4, 0.5) is 0 Å². The molecule has 2 rings (SSSR count). The van der Waals surface area contributed by atoms with Gasteiger partial charge in [-0.15, -0.1) is 0 Å². The first-order valence-corrected chi connectivity index (χ1v) is 11.6. The highest BCUT2D eigenvalue weighted by Gasteiger charge is 2.21. The van der Waals surface area contributed by atoms with Crippen molar-refractivity contribution in [3.63, 3.8) is 0 Å². The summed E-state index contributed by atoms with van der Waals surface area (Å²) in [4.78, 5) is 58.4. The summed E-state index contributed by atoms with van der Waals surface area (Å²) in [6.07, 6.45) is 2.12. The van der Waals surface area contributed by atoms with E-state index in [0.29, 0.717) is 36.5 Å². The zero-order valence-corrected chi connectivity index (χ0v) is 20.9. The summed E-state index contributed by atoms with van der Waals surface area (Å²) in [6, 6.07) is 0. The van der Waals surface area contributed by atoms with Crippen LogP contribution in [0, 0.1) is 5.92 Å². The van der Waals surface area contributed by atoms with Crippen LogP contribution in [0.2, 0.25) is 0 Å². The van der Waals surface area contributed by atoms with Crippen LogP contribution in [0.25, 0.3) is 11.2 Å². The van der Waals surface area contributed by atoms with Gasteiger partial charge in [-0.1, -0.05) is 27.2 Å². The average Bonchev–Trinajstić information content (AvgIpc) is 3.02. The topological polar surface area (TPSA) is 122 Å². The molecule has 0 aliphatic rings. The Hall–Kier alpha value is -2.91. The number of nitrogens with zero attached hydrogens (tertiary/aromatic N) is 4. The fraction of sp³-hybridized carbons (Fsp3) is 0.696. The van der Waals surface area contributed by atoms with Crippen molar-refractivity contribution in [1.29, 1.82) is 0 Å². The minimum Gasteiger partial charge on any atom is -0.350 e. The highest BCUT2D eigenvalue weighted by atomic mass is 16.2. The van der Waals surface area contributed by atoms with E-state index in [1.807, 2.05) is 46.1 Å². The van der Waals surface area contributed by atoms with Crippen LogP contribution in [0.5, 0.6) is 0 Å². The second-order valence-electron chi connectivity index (χ2n) is 10.0. The summed E-state index contributed by atoms with van der Waals surface area (Å²) >= 11 is 0. The normalized spacial score (nSPS) is 11.9. The molecule has 0 spiro atoms. The number of carbonyl (C=O) groups excluding carboxylic acids is 2. The number of hydrogen-bond donors (Lipinski definition) is 2. The average molecular weight is 463 g/mol. The molecule has 2 aromatic rings. The molecule has 33 heavy (non-hydrogen) atoms. The second kappa shape index (κ2) is 10.8. The number of aromatic nitrogens is 4. The minimum absolute atomic E-state index is 0.0330. The molecule has 2 N–H and O–H groups in total. The van der Waals surface area contributed by atoms with Crippen LogP contribution >= 0.6 is 0 Å². The predicted octanol–water partition coefficient (Wildman–Crippen LogP) is 1.65. The molecule has 0 bridgehead atoms. The van der Waals surface area contributed by atoms with E-state index in [1.54, 1.807) is 7.05 Å². The van der Waals surface area contributed by atoms with E-state index in [2.05, 4.69) is 15.3 Å². The van der Waals surface area contributed by atoms with Crippen molar-refractivity contribution in [2.24, 2.45) is 5.92 Å². The first-order chi connectivity index (χ1) is 15.3. The van der Waals surface area contributed by atoms with Crippen molar-refractivity contribution in [2.45, 2.75) is 85.9 Å². The third-order valence-electron chi connectivity index (χ3n) is 5.13. The number of H-pyrrole nitrogens is 1. The molecule has 10 heteroatoms. The second-order valence-corrected chi connectivity index (χ2v) is 10.0. The third kappa shape index (κ3) is 7.03. The molecule has 2 heterocycles. The van der Waals surface area contributed by atoms with Crippen molar-refractivity contribution in [2.75, 3.05) is 13.6 Å². The van der Waals surface area contributed by atoms with Gasteiger partial charge in [-0.05, 0) is 33.1 Å². The fourth-order valence-corrected chi connectivity index (χ4v) is 3.66. The number of imidazole rings is 1. The van der Waals surface area contributed by atoms with Gasteiger partial charge in [0.15, 0.2) is 11.2 Å². The van der Waals surface area contributed by atoms with Crippen LogP contribution in [-0.2, 0) is 29.1 Å². The SMILES string of the molecule is CCCCn1c(=O)[nH]c(=O)c2c1nc(CCC(=O)N(C)CC(=O)NC(C)(C)C)n2CC(C)C. The smallest absolute Gasteiger partial charge is 0.330 e. The van der Waals surface area contributed by atoms with Crippen LogP contribution < -0.4 is 16.6 Å². The van der Waals surface area contributed by atoms with Gasteiger partial charge in [-0.2, -0.15) is 0 Å². The zero-order valence-electron chi connectivity index (χ0n) is 20.9. The molecule has 0 saturated carbocycles. The van der Waals surface area contributed by atoms with Gasteiger partial charge >= 0.3 is 5.69 Å². The monoisotopic (exact) mass is 462 g/mol. The molecule has 0 aliphatic carbocycles. The summed E-state index contributed by atoms with van der Waals surface area (Å²) in [5, 5.41) is 2.84. The Morgan fingerprint density at radius 3 is 2.42 bits per heavy atom. The van der Waals surface area contributed by atoms with Crippen molar-refractivity contribution in [3.05, 3.63) is 26.7 Å². The Morgan fingerprint density at radius 2 is 1.85 bits per heavy atom. The van der Waals surface area contributed by atoms with Gasteiger partial charge in [0.25, 0.3) is 5.56 Å². The van der Waals surface area contributed by atoms with E-state index in [1.165, 1.54) is 9.47 Å². The van der Waals surface area contributed by atoms with Crippen LogP contribution in [0.3, 0.4) is 0 Å². The summed E-state index contributed by atoms with van der Waals surface area (Å²) in [7, 11) is 1.59. The number of likely N-dealkylation sites (N-methyl/N-ethyl adjacent to an activating group) is 1. The van der Waals surface area contributed by atoms with Crippen LogP contribution in [0.1, 0.15) is 66.6 Å². The zero-order chi connectivity index (χ0) is 24.9. The van der Waals surface area contributed by atoms with E-state index < -0.39 is 11.2 Å². The lowest BCUT2D eigenvalue weighted by molar-refractivity contribution is -0.135. The lowest BCUT2D eigenvalue weighted by Gasteiger charge is -2.23. The van der Waals surface area contributed by atoms with Crippen molar-refractivity contribution < 1.29 is 9.59 Å². The molecule has 2 amide bonds. The number of hydrogen-bond acceptors (Lipinski definition) is 5. The molecule has 10 nitrogen and oxygen atoms in total. The van der Waals surface area contributed by atoms with Crippen molar-refractivity contribution in [3.8, 4) is 0 Å². The van der Waals surface area contributed by atoms with Gasteiger partial charge in [0.2, 0.25) is 11.8 Å². The van der Waals surface area contributed by atoms with E-state index in [-0.39, 0.29) is 36.2 Å². The highest BCUT2D eigenvalue weighted by molar-refractivity contribution is 5.85. The van der Waals surface area contributed by atoms with E-state index in [9.17, 15) is 19.2 Å². The molecular formula is C23H38N6O4. The number of aryl methyl sites for hydroxylation is 2. The summed E-state index contributed by atoms with van der Waals surface area (Å²) in [6.45, 7) is 12.7. The molecule has 0 aromatic carbocycles. The fourth-order valence-electron chi connectivity index (χ4n) is 3.66.